The molecule has 0 aliphatic heterocycles. The van der Waals surface area contributed by atoms with Crippen molar-refractivity contribution in [3.05, 3.63) is 88.2 Å². The monoisotopic (exact) mass is 466 g/mol. The Kier molecular flexibility index (Phi) is 6.20. The number of ether oxygens (including phenoxy) is 1. The molecule has 0 aliphatic carbocycles. The number of pyridine rings is 2. The molecule has 0 unspecified atom stereocenters. The van der Waals surface area contributed by atoms with Crippen molar-refractivity contribution < 1.29 is 14.3 Å². The molecule has 32 heavy (non-hydrogen) atoms. The highest BCUT2D eigenvalue weighted by Gasteiger charge is 2.13. The summed E-state index contributed by atoms with van der Waals surface area (Å²) in [5.41, 5.74) is 1.15. The van der Waals surface area contributed by atoms with Crippen molar-refractivity contribution in [1.29, 1.82) is 0 Å². The molecule has 2 aromatic heterocycles. The predicted molar refractivity (Wildman–Crippen MR) is 124 cm³/mol. The normalized spacial score (nSPS) is 10.6. The summed E-state index contributed by atoms with van der Waals surface area (Å²) in [5, 5.41) is 6.68. The lowest BCUT2D eigenvalue weighted by molar-refractivity contribution is 0.0957. The Balaban J connectivity index is 1.59. The summed E-state index contributed by atoms with van der Waals surface area (Å²) in [4.78, 5) is 32.9. The Morgan fingerprint density at radius 2 is 1.81 bits per heavy atom. The van der Waals surface area contributed by atoms with E-state index in [0.717, 1.165) is 5.39 Å². The Hall–Kier alpha value is -3.68. The molecular formula is C23H16Cl2N4O3. The lowest BCUT2D eigenvalue weighted by Crippen LogP contribution is -2.18. The van der Waals surface area contributed by atoms with Crippen molar-refractivity contribution in [3.63, 3.8) is 0 Å². The zero-order chi connectivity index (χ0) is 22.7. The number of nitrogens with one attached hydrogen (secondary N) is 2. The van der Waals surface area contributed by atoms with Crippen LogP contribution in [0, 0.1) is 0 Å². The van der Waals surface area contributed by atoms with Gasteiger partial charge in [0.05, 0.1) is 16.1 Å². The number of rotatable bonds is 5. The van der Waals surface area contributed by atoms with E-state index in [1.165, 1.54) is 19.3 Å². The van der Waals surface area contributed by atoms with Gasteiger partial charge in [-0.05, 0) is 48.5 Å². The number of aromatic nitrogens is 2. The van der Waals surface area contributed by atoms with Gasteiger partial charge >= 0.3 is 0 Å². The Morgan fingerprint density at radius 3 is 2.59 bits per heavy atom. The molecular weight excluding hydrogens is 451 g/mol. The van der Waals surface area contributed by atoms with Crippen molar-refractivity contribution in [2.75, 3.05) is 12.4 Å². The Labute approximate surface area is 193 Å². The fourth-order valence-electron chi connectivity index (χ4n) is 3.00. The number of carbonyl (C=O) groups is 2. The van der Waals surface area contributed by atoms with E-state index < -0.39 is 5.91 Å². The van der Waals surface area contributed by atoms with Crippen LogP contribution in [-0.4, -0.2) is 28.8 Å². The molecule has 0 saturated heterocycles. The van der Waals surface area contributed by atoms with E-state index in [-0.39, 0.29) is 16.6 Å². The maximum atomic E-state index is 12.6. The first-order valence-electron chi connectivity index (χ1n) is 9.47. The third-order valence-corrected chi connectivity index (χ3v) is 5.08. The molecule has 9 heteroatoms. The third-order valence-electron chi connectivity index (χ3n) is 4.53. The summed E-state index contributed by atoms with van der Waals surface area (Å²) in [6, 6.07) is 16.7. The lowest BCUT2D eigenvalue weighted by atomic mass is 10.2. The maximum absolute atomic E-state index is 12.6. The second-order valence-electron chi connectivity index (χ2n) is 6.66. The van der Waals surface area contributed by atoms with Gasteiger partial charge in [-0.15, -0.1) is 0 Å². The van der Waals surface area contributed by atoms with Crippen molar-refractivity contribution >= 4 is 51.7 Å². The van der Waals surface area contributed by atoms with Gasteiger partial charge in [0.1, 0.15) is 23.0 Å². The first-order chi connectivity index (χ1) is 15.4. The van der Waals surface area contributed by atoms with Crippen LogP contribution in [0.15, 0.2) is 66.9 Å². The summed E-state index contributed by atoms with van der Waals surface area (Å²) >= 11 is 12.0. The van der Waals surface area contributed by atoms with Gasteiger partial charge in [-0.25, -0.2) is 4.98 Å². The highest BCUT2D eigenvalue weighted by atomic mass is 35.5. The van der Waals surface area contributed by atoms with Crippen LogP contribution >= 0.6 is 23.2 Å². The largest absolute Gasteiger partial charge is 0.457 e. The molecule has 7 nitrogen and oxygen atoms in total. The van der Waals surface area contributed by atoms with Gasteiger partial charge in [0.2, 0.25) is 0 Å². The maximum Gasteiger partial charge on any atom is 0.269 e. The van der Waals surface area contributed by atoms with E-state index in [0.29, 0.717) is 33.4 Å². The molecule has 0 saturated carbocycles. The molecule has 0 aliphatic rings. The van der Waals surface area contributed by atoms with Crippen LogP contribution in [0.25, 0.3) is 10.9 Å². The highest BCUT2D eigenvalue weighted by molar-refractivity contribution is 6.37. The fourth-order valence-corrected chi connectivity index (χ4v) is 3.49. The predicted octanol–water partition coefficient (Wildman–Crippen LogP) is 5.34. The molecule has 0 radical (unpaired) electrons. The van der Waals surface area contributed by atoms with E-state index in [4.69, 9.17) is 27.9 Å². The van der Waals surface area contributed by atoms with Crippen molar-refractivity contribution in [3.8, 4) is 11.5 Å². The second kappa shape index (κ2) is 9.21. The topological polar surface area (TPSA) is 93.2 Å². The summed E-state index contributed by atoms with van der Waals surface area (Å²) < 4.78 is 5.97. The SMILES string of the molecule is CNC(=O)c1cc(Oc2cccc3nc(NC(=O)c4ccc(Cl)cc4Cl)ccc23)ccn1. The number of nitrogens with zero attached hydrogens (tertiary/aromatic N) is 2. The molecule has 2 N–H and O–H groups in total. The number of anilines is 1. The van der Waals surface area contributed by atoms with Crippen LogP contribution in [0.1, 0.15) is 20.8 Å². The second-order valence-corrected chi connectivity index (χ2v) is 7.50. The quantitative estimate of drug-likeness (QED) is 0.413. The zero-order valence-electron chi connectivity index (χ0n) is 16.7. The van der Waals surface area contributed by atoms with E-state index >= 15 is 0 Å². The molecule has 4 aromatic rings. The average Bonchev–Trinajstić information content (AvgIpc) is 2.78. The Bertz CT molecular complexity index is 1340. The molecule has 0 atom stereocenters. The van der Waals surface area contributed by atoms with Crippen molar-refractivity contribution in [2.24, 2.45) is 0 Å². The molecule has 0 fully saturated rings. The van der Waals surface area contributed by atoms with Crippen LogP contribution in [0.3, 0.4) is 0 Å². The molecule has 0 bridgehead atoms. The molecule has 2 aromatic carbocycles. The minimum Gasteiger partial charge on any atom is -0.457 e. The van der Waals surface area contributed by atoms with Gasteiger partial charge in [-0.1, -0.05) is 29.3 Å². The van der Waals surface area contributed by atoms with Crippen LogP contribution in [0.4, 0.5) is 5.82 Å². The van der Waals surface area contributed by atoms with Crippen LogP contribution in [0.5, 0.6) is 11.5 Å². The molecule has 2 heterocycles. The zero-order valence-corrected chi connectivity index (χ0v) is 18.2. The van der Waals surface area contributed by atoms with Gasteiger partial charge in [0.15, 0.2) is 0 Å². The molecule has 160 valence electrons. The van der Waals surface area contributed by atoms with E-state index in [1.807, 2.05) is 0 Å². The number of fused-ring (bicyclic) bond motifs is 1. The van der Waals surface area contributed by atoms with E-state index in [9.17, 15) is 9.59 Å². The lowest BCUT2D eigenvalue weighted by Gasteiger charge is -2.11. The minimum atomic E-state index is -0.399. The number of hydrogen-bond acceptors (Lipinski definition) is 5. The van der Waals surface area contributed by atoms with Gasteiger partial charge in [-0.3, -0.25) is 14.6 Å². The third kappa shape index (κ3) is 4.64. The van der Waals surface area contributed by atoms with Crippen molar-refractivity contribution in [2.45, 2.75) is 0 Å². The average molecular weight is 467 g/mol. The smallest absolute Gasteiger partial charge is 0.269 e. The molecule has 0 spiro atoms. The summed E-state index contributed by atoms with van der Waals surface area (Å²) in [6.07, 6.45) is 1.50. The number of amides is 2. The van der Waals surface area contributed by atoms with Crippen LogP contribution in [-0.2, 0) is 0 Å². The standard InChI is InChI=1S/C23H16Cl2N4O3/c1-26-23(31)19-12-14(9-10-27-19)32-20-4-2-3-18-16(20)7-8-21(28-18)29-22(30)15-6-5-13(24)11-17(15)25/h2-12H,1H3,(H,26,31)(H,28,29,30). The Morgan fingerprint density at radius 1 is 0.969 bits per heavy atom. The highest BCUT2D eigenvalue weighted by Crippen LogP contribution is 2.30. The van der Waals surface area contributed by atoms with Gasteiger partial charge in [0.25, 0.3) is 11.8 Å². The number of benzene rings is 2. The summed E-state index contributed by atoms with van der Waals surface area (Å²) in [7, 11) is 1.53. The van der Waals surface area contributed by atoms with Crippen LogP contribution < -0.4 is 15.4 Å². The van der Waals surface area contributed by atoms with Crippen LogP contribution in [0.2, 0.25) is 10.0 Å². The fraction of sp³-hybridized carbons (Fsp3) is 0.0435. The number of halogens is 2. The van der Waals surface area contributed by atoms with Gasteiger partial charge < -0.3 is 15.4 Å². The minimum absolute atomic E-state index is 0.245. The number of carbonyl (C=O) groups excluding carboxylic acids is 2. The van der Waals surface area contributed by atoms with Gasteiger partial charge in [0, 0.05) is 29.7 Å². The van der Waals surface area contributed by atoms with Crippen molar-refractivity contribution in [1.82, 2.24) is 15.3 Å². The van der Waals surface area contributed by atoms with E-state index in [1.54, 1.807) is 54.6 Å². The van der Waals surface area contributed by atoms with Gasteiger partial charge in [-0.2, -0.15) is 0 Å². The number of hydrogen-bond donors (Lipinski definition) is 2. The van der Waals surface area contributed by atoms with E-state index in [2.05, 4.69) is 20.6 Å². The first-order valence-corrected chi connectivity index (χ1v) is 10.2. The molecule has 2 amide bonds. The summed E-state index contributed by atoms with van der Waals surface area (Å²) in [5.74, 6) is 0.653. The summed E-state index contributed by atoms with van der Waals surface area (Å²) in [6.45, 7) is 0. The molecule has 4 rings (SSSR count). The first kappa shape index (κ1) is 21.5.